The minimum atomic E-state index is -4.44. The third-order valence-electron chi connectivity index (χ3n) is 1.75. The molecule has 90 valence electrons. The van der Waals surface area contributed by atoms with Crippen LogP contribution in [0.4, 0.5) is 13.2 Å². The van der Waals surface area contributed by atoms with Gasteiger partial charge in [-0.05, 0) is 12.1 Å². The van der Waals surface area contributed by atoms with Crippen LogP contribution in [-0.2, 0) is 21.6 Å². The van der Waals surface area contributed by atoms with Crippen LogP contribution in [-0.4, -0.2) is 19.2 Å². The van der Waals surface area contributed by atoms with Crippen LogP contribution in [0.15, 0.2) is 18.3 Å². The zero-order chi connectivity index (χ0) is 12.4. The van der Waals surface area contributed by atoms with Crippen molar-refractivity contribution in [1.82, 2.24) is 4.98 Å². The summed E-state index contributed by atoms with van der Waals surface area (Å²) in [5.41, 5.74) is -0.623. The molecule has 0 fully saturated rings. The van der Waals surface area contributed by atoms with Crippen LogP contribution in [0.2, 0.25) is 0 Å². The van der Waals surface area contributed by atoms with Gasteiger partial charge in [0.25, 0.3) is 0 Å². The molecule has 0 aromatic carbocycles. The first-order valence-electron chi connectivity index (χ1n) is 4.13. The second kappa shape index (κ2) is 4.58. The van der Waals surface area contributed by atoms with Gasteiger partial charge in [0, 0.05) is 29.0 Å². The van der Waals surface area contributed by atoms with Gasteiger partial charge < -0.3 is 0 Å². The summed E-state index contributed by atoms with van der Waals surface area (Å²) in [6, 6.07) is 1.98. The number of rotatable bonds is 3. The number of hydrogen-bond acceptors (Lipinski definition) is 3. The molecule has 0 radical (unpaired) electrons. The van der Waals surface area contributed by atoms with Crippen LogP contribution in [0.25, 0.3) is 0 Å². The SMILES string of the molecule is O=S(=O)(Cl)CCc1ccc(C(F)(F)F)cn1. The fourth-order valence-corrected chi connectivity index (χ4v) is 1.65. The molecule has 0 aliphatic rings. The van der Waals surface area contributed by atoms with E-state index in [4.69, 9.17) is 10.7 Å². The van der Waals surface area contributed by atoms with Crippen molar-refractivity contribution in [3.8, 4) is 0 Å². The molecule has 1 aromatic rings. The summed E-state index contributed by atoms with van der Waals surface area (Å²) in [4.78, 5) is 3.51. The van der Waals surface area contributed by atoms with E-state index in [1.807, 2.05) is 0 Å². The van der Waals surface area contributed by atoms with Crippen LogP contribution in [0, 0.1) is 0 Å². The first kappa shape index (κ1) is 13.2. The molecule has 1 aromatic heterocycles. The molecule has 0 atom stereocenters. The zero-order valence-electron chi connectivity index (χ0n) is 7.83. The summed E-state index contributed by atoms with van der Waals surface area (Å²) in [6.07, 6.45) is -3.79. The monoisotopic (exact) mass is 273 g/mol. The molecule has 0 aliphatic carbocycles. The number of hydrogen-bond donors (Lipinski definition) is 0. The van der Waals surface area contributed by atoms with Crippen LogP contribution in [0.3, 0.4) is 0 Å². The van der Waals surface area contributed by atoms with E-state index in [1.54, 1.807) is 0 Å². The van der Waals surface area contributed by atoms with Crippen molar-refractivity contribution >= 4 is 19.7 Å². The maximum atomic E-state index is 12.1. The lowest BCUT2D eigenvalue weighted by molar-refractivity contribution is -0.137. The van der Waals surface area contributed by atoms with Crippen LogP contribution < -0.4 is 0 Å². The highest BCUT2D eigenvalue weighted by Gasteiger charge is 2.30. The Hall–Kier alpha value is -0.820. The minimum Gasteiger partial charge on any atom is -0.261 e. The van der Waals surface area contributed by atoms with Crippen molar-refractivity contribution in [2.45, 2.75) is 12.6 Å². The normalized spacial score (nSPS) is 12.8. The van der Waals surface area contributed by atoms with Gasteiger partial charge >= 0.3 is 6.18 Å². The largest absolute Gasteiger partial charge is 0.417 e. The molecule has 0 bridgehead atoms. The number of alkyl halides is 3. The Morgan fingerprint density at radius 1 is 1.31 bits per heavy atom. The number of nitrogens with zero attached hydrogens (tertiary/aromatic N) is 1. The smallest absolute Gasteiger partial charge is 0.261 e. The summed E-state index contributed by atoms with van der Waals surface area (Å²) >= 11 is 0. The maximum Gasteiger partial charge on any atom is 0.417 e. The number of aromatic nitrogens is 1. The molecule has 0 saturated heterocycles. The first-order chi connectivity index (χ1) is 7.18. The van der Waals surface area contributed by atoms with Gasteiger partial charge in [-0.2, -0.15) is 13.2 Å². The van der Waals surface area contributed by atoms with Crippen LogP contribution >= 0.6 is 10.7 Å². The van der Waals surface area contributed by atoms with E-state index in [2.05, 4.69) is 4.98 Å². The zero-order valence-corrected chi connectivity index (χ0v) is 9.40. The van der Waals surface area contributed by atoms with E-state index in [-0.39, 0.29) is 17.9 Å². The standard InChI is InChI=1S/C8H7ClF3NO2S/c9-16(14,15)4-3-7-2-1-6(5-13-7)8(10,11)12/h1-2,5H,3-4H2. The van der Waals surface area contributed by atoms with Crippen molar-refractivity contribution in [1.29, 1.82) is 0 Å². The van der Waals surface area contributed by atoms with Gasteiger partial charge in [0.1, 0.15) is 0 Å². The third kappa shape index (κ3) is 4.36. The van der Waals surface area contributed by atoms with Gasteiger partial charge in [-0.1, -0.05) is 0 Å². The molecule has 0 saturated carbocycles. The third-order valence-corrected chi connectivity index (χ3v) is 2.91. The maximum absolute atomic E-state index is 12.1. The fourth-order valence-electron chi connectivity index (χ4n) is 0.967. The predicted octanol–water partition coefficient (Wildman–Crippen LogP) is 2.21. The number of pyridine rings is 1. The van der Waals surface area contributed by atoms with Gasteiger partial charge in [-0.3, -0.25) is 4.98 Å². The van der Waals surface area contributed by atoms with E-state index in [9.17, 15) is 21.6 Å². The number of halogens is 4. The van der Waals surface area contributed by atoms with Crippen LogP contribution in [0.1, 0.15) is 11.3 Å². The molecule has 8 heteroatoms. The lowest BCUT2D eigenvalue weighted by Gasteiger charge is -2.06. The van der Waals surface area contributed by atoms with E-state index in [0.717, 1.165) is 12.1 Å². The van der Waals surface area contributed by atoms with Gasteiger partial charge in [0.2, 0.25) is 9.05 Å². The molecular formula is C8H7ClF3NO2S. The Kier molecular flexibility index (Phi) is 3.80. The van der Waals surface area contributed by atoms with Gasteiger partial charge in [0.05, 0.1) is 11.3 Å². The average Bonchev–Trinajstić information content (AvgIpc) is 2.13. The Labute approximate surface area is 94.7 Å². The van der Waals surface area contributed by atoms with Crippen molar-refractivity contribution in [2.24, 2.45) is 0 Å². The first-order valence-corrected chi connectivity index (χ1v) is 6.61. The minimum absolute atomic E-state index is 0.00995. The summed E-state index contributed by atoms with van der Waals surface area (Å²) in [7, 11) is 1.30. The quantitative estimate of drug-likeness (QED) is 0.793. The Morgan fingerprint density at radius 3 is 2.31 bits per heavy atom. The highest BCUT2D eigenvalue weighted by molar-refractivity contribution is 8.13. The lowest BCUT2D eigenvalue weighted by atomic mass is 10.2. The van der Waals surface area contributed by atoms with Crippen molar-refractivity contribution in [3.05, 3.63) is 29.6 Å². The second-order valence-electron chi connectivity index (χ2n) is 3.03. The fraction of sp³-hybridized carbons (Fsp3) is 0.375. The summed E-state index contributed by atoms with van der Waals surface area (Å²) in [5, 5.41) is 0. The molecule has 16 heavy (non-hydrogen) atoms. The van der Waals surface area contributed by atoms with Crippen molar-refractivity contribution in [3.63, 3.8) is 0 Å². The summed E-state index contributed by atoms with van der Waals surface area (Å²) in [6.45, 7) is 0. The summed E-state index contributed by atoms with van der Waals surface area (Å²) < 4.78 is 57.6. The highest BCUT2D eigenvalue weighted by Crippen LogP contribution is 2.28. The molecule has 0 unspecified atom stereocenters. The van der Waals surface area contributed by atoms with Gasteiger partial charge in [0.15, 0.2) is 0 Å². The van der Waals surface area contributed by atoms with E-state index >= 15 is 0 Å². The van der Waals surface area contributed by atoms with Gasteiger partial charge in [-0.25, -0.2) is 8.42 Å². The summed E-state index contributed by atoms with van der Waals surface area (Å²) in [5.74, 6) is -0.354. The predicted molar refractivity (Wildman–Crippen MR) is 52.6 cm³/mol. The Balaban J connectivity index is 2.73. The number of aryl methyl sites for hydroxylation is 1. The highest BCUT2D eigenvalue weighted by atomic mass is 35.7. The Morgan fingerprint density at radius 2 is 1.94 bits per heavy atom. The van der Waals surface area contributed by atoms with E-state index in [0.29, 0.717) is 6.20 Å². The molecule has 1 rings (SSSR count). The second-order valence-corrected chi connectivity index (χ2v) is 5.93. The van der Waals surface area contributed by atoms with Crippen molar-refractivity contribution < 1.29 is 21.6 Å². The Bertz CT molecular complexity index is 455. The molecule has 3 nitrogen and oxygen atoms in total. The van der Waals surface area contributed by atoms with E-state index < -0.39 is 20.8 Å². The topological polar surface area (TPSA) is 47.0 Å². The molecule has 1 heterocycles. The molecular weight excluding hydrogens is 267 g/mol. The average molecular weight is 274 g/mol. The van der Waals surface area contributed by atoms with Gasteiger partial charge in [-0.15, -0.1) is 0 Å². The molecule has 0 N–H and O–H groups in total. The lowest BCUT2D eigenvalue weighted by Crippen LogP contribution is -2.07. The van der Waals surface area contributed by atoms with Crippen LogP contribution in [0.5, 0.6) is 0 Å². The molecule has 0 amide bonds. The van der Waals surface area contributed by atoms with E-state index in [1.165, 1.54) is 0 Å². The molecule has 0 spiro atoms. The van der Waals surface area contributed by atoms with Crippen molar-refractivity contribution in [2.75, 3.05) is 5.75 Å². The molecule has 0 aliphatic heterocycles.